The maximum atomic E-state index is 13.5. The molecule has 0 saturated heterocycles. The zero-order valence-electron chi connectivity index (χ0n) is 10.6. The topological polar surface area (TPSA) is 86.8 Å². The first-order chi connectivity index (χ1) is 8.11. The SMILES string of the molecule is CN(CC(C)(C)O)c1cc(F)c(C(=O)O)cc1N. The number of carboxylic acids is 1. The van der Waals surface area contributed by atoms with Gasteiger partial charge in [0.2, 0.25) is 0 Å². The molecule has 18 heavy (non-hydrogen) atoms. The number of halogens is 1. The van der Waals surface area contributed by atoms with Gasteiger partial charge < -0.3 is 20.8 Å². The summed E-state index contributed by atoms with van der Waals surface area (Å²) in [6.45, 7) is 3.46. The van der Waals surface area contributed by atoms with E-state index in [1.807, 2.05) is 0 Å². The van der Waals surface area contributed by atoms with E-state index in [9.17, 15) is 14.3 Å². The maximum absolute atomic E-state index is 13.5. The van der Waals surface area contributed by atoms with Crippen LogP contribution in [0.1, 0.15) is 24.2 Å². The fourth-order valence-electron chi connectivity index (χ4n) is 1.74. The summed E-state index contributed by atoms with van der Waals surface area (Å²) in [5.74, 6) is -2.22. The summed E-state index contributed by atoms with van der Waals surface area (Å²) in [7, 11) is 1.64. The fourth-order valence-corrected chi connectivity index (χ4v) is 1.74. The maximum Gasteiger partial charge on any atom is 0.338 e. The van der Waals surface area contributed by atoms with E-state index >= 15 is 0 Å². The Morgan fingerprint density at radius 2 is 2.06 bits per heavy atom. The number of anilines is 2. The third kappa shape index (κ3) is 3.33. The minimum absolute atomic E-state index is 0.153. The zero-order valence-corrected chi connectivity index (χ0v) is 10.6. The lowest BCUT2D eigenvalue weighted by Crippen LogP contribution is -2.36. The molecule has 6 heteroatoms. The third-order valence-corrected chi connectivity index (χ3v) is 2.38. The van der Waals surface area contributed by atoms with Crippen molar-refractivity contribution >= 4 is 17.3 Å². The molecular formula is C12H17FN2O3. The van der Waals surface area contributed by atoms with Crippen molar-refractivity contribution in [1.82, 2.24) is 0 Å². The molecule has 1 rings (SSSR count). The van der Waals surface area contributed by atoms with E-state index in [0.29, 0.717) is 5.69 Å². The Morgan fingerprint density at radius 3 is 2.50 bits per heavy atom. The van der Waals surface area contributed by atoms with Crippen LogP contribution in [0.4, 0.5) is 15.8 Å². The highest BCUT2D eigenvalue weighted by Gasteiger charge is 2.20. The van der Waals surface area contributed by atoms with Crippen molar-refractivity contribution in [3.8, 4) is 0 Å². The molecule has 0 aliphatic carbocycles. The molecule has 0 fully saturated rings. The van der Waals surface area contributed by atoms with Crippen molar-refractivity contribution in [2.24, 2.45) is 0 Å². The predicted molar refractivity (Wildman–Crippen MR) is 67.3 cm³/mol. The molecule has 1 aromatic rings. The summed E-state index contributed by atoms with van der Waals surface area (Å²) >= 11 is 0. The zero-order chi connectivity index (χ0) is 14.1. The van der Waals surface area contributed by atoms with Gasteiger partial charge in [0, 0.05) is 19.7 Å². The van der Waals surface area contributed by atoms with Crippen LogP contribution in [0.5, 0.6) is 0 Å². The molecule has 0 aliphatic heterocycles. The summed E-state index contributed by atoms with van der Waals surface area (Å²) in [4.78, 5) is 12.3. The molecule has 5 nitrogen and oxygen atoms in total. The van der Waals surface area contributed by atoms with Gasteiger partial charge in [-0.05, 0) is 19.9 Å². The van der Waals surface area contributed by atoms with Gasteiger partial charge in [-0.2, -0.15) is 0 Å². The number of hydrogen-bond acceptors (Lipinski definition) is 4. The summed E-state index contributed by atoms with van der Waals surface area (Å²) in [5.41, 5.74) is 4.76. The molecule has 0 unspecified atom stereocenters. The van der Waals surface area contributed by atoms with Gasteiger partial charge in [0.1, 0.15) is 5.82 Å². The third-order valence-electron chi connectivity index (χ3n) is 2.38. The number of nitrogen functional groups attached to an aromatic ring is 1. The van der Waals surface area contributed by atoms with Crippen molar-refractivity contribution in [3.05, 3.63) is 23.5 Å². The molecule has 0 aliphatic rings. The summed E-state index contributed by atoms with van der Waals surface area (Å²) < 4.78 is 13.5. The smallest absolute Gasteiger partial charge is 0.338 e. The standard InChI is InChI=1S/C12H17FN2O3/c1-12(2,18)6-15(3)10-5-8(13)7(11(16)17)4-9(10)14/h4-5,18H,6,14H2,1-3H3,(H,16,17). The number of rotatable bonds is 4. The number of benzene rings is 1. The minimum Gasteiger partial charge on any atom is -0.478 e. The molecule has 100 valence electrons. The second-order valence-corrected chi connectivity index (χ2v) is 4.86. The van der Waals surface area contributed by atoms with Gasteiger partial charge in [-0.25, -0.2) is 9.18 Å². The molecule has 0 spiro atoms. The van der Waals surface area contributed by atoms with Crippen LogP contribution in [0, 0.1) is 5.82 Å². The quantitative estimate of drug-likeness (QED) is 0.707. The first-order valence-corrected chi connectivity index (χ1v) is 5.37. The predicted octanol–water partition coefficient (Wildman–Crippen LogP) is 1.31. The number of hydrogen-bond donors (Lipinski definition) is 3. The average Bonchev–Trinajstić information content (AvgIpc) is 2.17. The van der Waals surface area contributed by atoms with E-state index in [0.717, 1.165) is 12.1 Å². The Kier molecular flexibility index (Phi) is 3.81. The molecule has 0 atom stereocenters. The first-order valence-electron chi connectivity index (χ1n) is 5.37. The van der Waals surface area contributed by atoms with Crippen molar-refractivity contribution in [2.45, 2.75) is 19.4 Å². The Labute approximate surface area is 105 Å². The molecule has 0 aromatic heterocycles. The van der Waals surface area contributed by atoms with E-state index < -0.39 is 23.0 Å². The molecule has 0 heterocycles. The van der Waals surface area contributed by atoms with Gasteiger partial charge in [-0.3, -0.25) is 0 Å². The Bertz CT molecular complexity index is 469. The first kappa shape index (κ1) is 14.2. The minimum atomic E-state index is -1.36. The van der Waals surface area contributed by atoms with Crippen molar-refractivity contribution in [2.75, 3.05) is 24.2 Å². The van der Waals surface area contributed by atoms with E-state index in [1.54, 1.807) is 25.8 Å². The highest BCUT2D eigenvalue weighted by Crippen LogP contribution is 2.27. The van der Waals surface area contributed by atoms with Crippen LogP contribution in [0.3, 0.4) is 0 Å². The van der Waals surface area contributed by atoms with E-state index in [1.165, 1.54) is 0 Å². The Balaban J connectivity index is 3.12. The number of nitrogens with two attached hydrogens (primary N) is 1. The largest absolute Gasteiger partial charge is 0.478 e. The van der Waals surface area contributed by atoms with Crippen LogP contribution in [0.2, 0.25) is 0 Å². The Hall–Kier alpha value is -1.82. The second-order valence-electron chi connectivity index (χ2n) is 4.86. The van der Waals surface area contributed by atoms with Crippen molar-refractivity contribution in [3.63, 3.8) is 0 Å². The van der Waals surface area contributed by atoms with Crippen molar-refractivity contribution in [1.29, 1.82) is 0 Å². The van der Waals surface area contributed by atoms with Crippen molar-refractivity contribution < 1.29 is 19.4 Å². The van der Waals surface area contributed by atoms with E-state index in [-0.39, 0.29) is 12.2 Å². The number of nitrogens with zero attached hydrogens (tertiary/aromatic N) is 1. The highest BCUT2D eigenvalue weighted by molar-refractivity contribution is 5.90. The summed E-state index contributed by atoms with van der Waals surface area (Å²) in [6.07, 6.45) is 0. The number of carboxylic acid groups (broad SMARTS) is 1. The van der Waals surface area contributed by atoms with Gasteiger partial charge in [-0.15, -0.1) is 0 Å². The number of carbonyl (C=O) groups is 1. The Morgan fingerprint density at radius 1 is 1.50 bits per heavy atom. The van der Waals surface area contributed by atoms with Crippen LogP contribution < -0.4 is 10.6 Å². The lowest BCUT2D eigenvalue weighted by atomic mass is 10.1. The van der Waals surface area contributed by atoms with Crippen LogP contribution in [0.15, 0.2) is 12.1 Å². The number of aromatic carboxylic acids is 1. The molecular weight excluding hydrogens is 239 g/mol. The molecule has 0 radical (unpaired) electrons. The fraction of sp³-hybridized carbons (Fsp3) is 0.417. The normalized spacial score (nSPS) is 11.4. The monoisotopic (exact) mass is 256 g/mol. The van der Waals surface area contributed by atoms with Gasteiger partial charge in [-0.1, -0.05) is 0 Å². The van der Waals surface area contributed by atoms with Crippen LogP contribution in [-0.4, -0.2) is 35.4 Å². The summed E-state index contributed by atoms with van der Waals surface area (Å²) in [6, 6.07) is 2.14. The summed E-state index contributed by atoms with van der Waals surface area (Å²) in [5, 5.41) is 18.4. The van der Waals surface area contributed by atoms with E-state index in [2.05, 4.69) is 0 Å². The molecule has 4 N–H and O–H groups in total. The number of likely N-dealkylation sites (N-methyl/N-ethyl adjacent to an activating group) is 1. The van der Waals surface area contributed by atoms with Gasteiger partial charge in [0.05, 0.1) is 22.5 Å². The molecule has 0 amide bonds. The lowest BCUT2D eigenvalue weighted by molar-refractivity contribution is 0.0691. The molecule has 0 saturated carbocycles. The number of aliphatic hydroxyl groups is 1. The molecule has 0 bridgehead atoms. The van der Waals surface area contributed by atoms with Crippen LogP contribution in [0.25, 0.3) is 0 Å². The second kappa shape index (κ2) is 4.81. The van der Waals surface area contributed by atoms with Gasteiger partial charge >= 0.3 is 5.97 Å². The average molecular weight is 256 g/mol. The lowest BCUT2D eigenvalue weighted by Gasteiger charge is -2.28. The van der Waals surface area contributed by atoms with Gasteiger partial charge in [0.15, 0.2) is 0 Å². The van der Waals surface area contributed by atoms with E-state index in [4.69, 9.17) is 10.8 Å². The van der Waals surface area contributed by atoms with Gasteiger partial charge in [0.25, 0.3) is 0 Å². The molecule has 1 aromatic carbocycles. The van der Waals surface area contributed by atoms with Crippen LogP contribution >= 0.6 is 0 Å². The highest BCUT2D eigenvalue weighted by atomic mass is 19.1. The van der Waals surface area contributed by atoms with Crippen LogP contribution in [-0.2, 0) is 0 Å².